The third kappa shape index (κ3) is 3.53. The summed E-state index contributed by atoms with van der Waals surface area (Å²) < 4.78 is 37.8. The van der Waals surface area contributed by atoms with E-state index in [1.54, 1.807) is 6.92 Å². The second-order valence-corrected chi connectivity index (χ2v) is 4.53. The van der Waals surface area contributed by atoms with E-state index in [9.17, 15) is 23.1 Å². The van der Waals surface area contributed by atoms with Crippen LogP contribution in [0.3, 0.4) is 0 Å². The fourth-order valence-corrected chi connectivity index (χ4v) is 1.77. The van der Waals surface area contributed by atoms with Gasteiger partial charge in [0.15, 0.2) is 0 Å². The molecule has 0 fully saturated rings. The molecule has 3 nitrogen and oxygen atoms in total. The Hall–Kier alpha value is -2.50. The van der Waals surface area contributed by atoms with Crippen molar-refractivity contribution in [1.29, 1.82) is 0 Å². The zero-order valence-electron chi connectivity index (χ0n) is 11.0. The van der Waals surface area contributed by atoms with Gasteiger partial charge >= 0.3 is 6.18 Å². The van der Waals surface area contributed by atoms with Gasteiger partial charge in [0.05, 0.1) is 5.56 Å². The number of halogens is 3. The summed E-state index contributed by atoms with van der Waals surface area (Å²) in [7, 11) is 0. The number of carbonyl (C=O) groups excluding carboxylic acids is 1. The van der Waals surface area contributed by atoms with Crippen LogP contribution in [-0.2, 0) is 6.18 Å². The van der Waals surface area contributed by atoms with Crippen LogP contribution in [0, 0.1) is 6.92 Å². The van der Waals surface area contributed by atoms with Gasteiger partial charge in [-0.25, -0.2) is 0 Å². The Balaban J connectivity index is 2.21. The Labute approximate surface area is 119 Å². The lowest BCUT2D eigenvalue weighted by molar-refractivity contribution is -0.137. The minimum Gasteiger partial charge on any atom is -0.508 e. The van der Waals surface area contributed by atoms with Gasteiger partial charge in [-0.3, -0.25) is 4.79 Å². The lowest BCUT2D eigenvalue weighted by Crippen LogP contribution is -2.13. The summed E-state index contributed by atoms with van der Waals surface area (Å²) in [4.78, 5) is 12.0. The maximum atomic E-state index is 12.6. The van der Waals surface area contributed by atoms with Gasteiger partial charge in [-0.2, -0.15) is 13.2 Å². The molecule has 0 saturated carbocycles. The fourth-order valence-electron chi connectivity index (χ4n) is 1.77. The lowest BCUT2D eigenvalue weighted by atomic mass is 10.1. The van der Waals surface area contributed by atoms with Crippen molar-refractivity contribution in [3.8, 4) is 5.75 Å². The molecule has 0 aliphatic heterocycles. The topological polar surface area (TPSA) is 49.3 Å². The number of hydrogen-bond donors (Lipinski definition) is 2. The summed E-state index contributed by atoms with van der Waals surface area (Å²) in [6.45, 7) is 1.62. The number of rotatable bonds is 2. The predicted octanol–water partition coefficient (Wildman–Crippen LogP) is 3.97. The number of nitrogens with one attached hydrogen (secondary N) is 1. The number of alkyl halides is 3. The highest BCUT2D eigenvalue weighted by molar-refractivity contribution is 6.04. The first-order chi connectivity index (χ1) is 9.77. The Morgan fingerprint density at radius 1 is 1.14 bits per heavy atom. The minimum atomic E-state index is -4.46. The van der Waals surface area contributed by atoms with Crippen LogP contribution >= 0.6 is 0 Å². The number of phenols is 1. The Morgan fingerprint density at radius 2 is 1.86 bits per heavy atom. The molecule has 1 amide bonds. The van der Waals surface area contributed by atoms with Crippen LogP contribution in [0.15, 0.2) is 42.5 Å². The fraction of sp³-hybridized carbons (Fsp3) is 0.133. The molecule has 0 unspecified atom stereocenters. The number of aromatic hydroxyl groups is 1. The maximum absolute atomic E-state index is 12.6. The van der Waals surface area contributed by atoms with Crippen molar-refractivity contribution in [2.45, 2.75) is 13.1 Å². The van der Waals surface area contributed by atoms with Crippen LogP contribution in [-0.4, -0.2) is 11.0 Å². The smallest absolute Gasteiger partial charge is 0.416 e. The van der Waals surface area contributed by atoms with E-state index in [4.69, 9.17) is 0 Å². The highest BCUT2D eigenvalue weighted by atomic mass is 19.4. The van der Waals surface area contributed by atoms with Gasteiger partial charge < -0.3 is 10.4 Å². The molecule has 0 heterocycles. The molecule has 0 saturated heterocycles. The van der Waals surface area contributed by atoms with Crippen molar-refractivity contribution >= 4 is 11.6 Å². The number of hydrogen-bond acceptors (Lipinski definition) is 2. The predicted molar refractivity (Wildman–Crippen MR) is 72.2 cm³/mol. The van der Waals surface area contributed by atoms with Crippen LogP contribution in [0.25, 0.3) is 0 Å². The third-order valence-corrected chi connectivity index (χ3v) is 2.91. The molecule has 2 aromatic rings. The molecule has 110 valence electrons. The Bertz CT molecular complexity index is 681. The van der Waals surface area contributed by atoms with E-state index in [-0.39, 0.29) is 17.0 Å². The molecule has 2 aromatic carbocycles. The van der Waals surface area contributed by atoms with E-state index >= 15 is 0 Å². The summed E-state index contributed by atoms with van der Waals surface area (Å²) in [6.07, 6.45) is -4.46. The van der Waals surface area contributed by atoms with Gasteiger partial charge in [-0.1, -0.05) is 6.07 Å². The standard InChI is InChI=1S/C15H12F3NO2/c1-9-7-10(5-6-13(9)20)14(21)19-12-4-2-3-11(8-12)15(16,17)18/h2-8,20H,1H3,(H,19,21). The molecular formula is C15H12F3NO2. The molecular weight excluding hydrogens is 283 g/mol. The first-order valence-corrected chi connectivity index (χ1v) is 6.05. The summed E-state index contributed by atoms with van der Waals surface area (Å²) in [5, 5.41) is 11.8. The lowest BCUT2D eigenvalue weighted by Gasteiger charge is -2.10. The first-order valence-electron chi connectivity index (χ1n) is 6.05. The first kappa shape index (κ1) is 14.9. The summed E-state index contributed by atoms with van der Waals surface area (Å²) in [6, 6.07) is 8.60. The molecule has 2 N–H and O–H groups in total. The van der Waals surface area contributed by atoms with Crippen molar-refractivity contribution < 1.29 is 23.1 Å². The molecule has 2 rings (SSSR count). The van der Waals surface area contributed by atoms with Crippen LogP contribution in [0.5, 0.6) is 5.75 Å². The van der Waals surface area contributed by atoms with E-state index in [0.29, 0.717) is 5.56 Å². The quantitative estimate of drug-likeness (QED) is 0.880. The Kier molecular flexibility index (Phi) is 3.88. The molecule has 21 heavy (non-hydrogen) atoms. The monoisotopic (exact) mass is 295 g/mol. The number of benzene rings is 2. The van der Waals surface area contributed by atoms with Crippen LogP contribution in [0.1, 0.15) is 21.5 Å². The van der Waals surface area contributed by atoms with Crippen molar-refractivity contribution in [2.24, 2.45) is 0 Å². The molecule has 0 bridgehead atoms. The van der Waals surface area contributed by atoms with Gasteiger partial charge in [-0.05, 0) is 48.9 Å². The highest BCUT2D eigenvalue weighted by Crippen LogP contribution is 2.30. The summed E-state index contributed by atoms with van der Waals surface area (Å²) >= 11 is 0. The van der Waals surface area contributed by atoms with Crippen molar-refractivity contribution in [3.63, 3.8) is 0 Å². The van der Waals surface area contributed by atoms with E-state index in [1.165, 1.54) is 30.3 Å². The van der Waals surface area contributed by atoms with Crippen LogP contribution < -0.4 is 5.32 Å². The van der Waals surface area contributed by atoms with Gasteiger partial charge in [0.2, 0.25) is 0 Å². The van der Waals surface area contributed by atoms with E-state index in [2.05, 4.69) is 5.32 Å². The van der Waals surface area contributed by atoms with Crippen LogP contribution in [0.2, 0.25) is 0 Å². The van der Waals surface area contributed by atoms with Gasteiger partial charge in [0.25, 0.3) is 5.91 Å². The SMILES string of the molecule is Cc1cc(C(=O)Nc2cccc(C(F)(F)F)c2)ccc1O. The Morgan fingerprint density at radius 3 is 2.48 bits per heavy atom. The number of anilines is 1. The van der Waals surface area contributed by atoms with E-state index in [1.807, 2.05) is 0 Å². The average Bonchev–Trinajstić information content (AvgIpc) is 2.41. The number of carbonyl (C=O) groups is 1. The maximum Gasteiger partial charge on any atom is 0.416 e. The highest BCUT2D eigenvalue weighted by Gasteiger charge is 2.30. The minimum absolute atomic E-state index is 0.0469. The second kappa shape index (κ2) is 5.47. The van der Waals surface area contributed by atoms with Crippen molar-refractivity contribution in [1.82, 2.24) is 0 Å². The van der Waals surface area contributed by atoms with E-state index in [0.717, 1.165) is 12.1 Å². The van der Waals surface area contributed by atoms with Gasteiger partial charge in [0, 0.05) is 11.3 Å². The zero-order chi connectivity index (χ0) is 15.6. The second-order valence-electron chi connectivity index (χ2n) is 4.53. The normalized spacial score (nSPS) is 11.2. The largest absolute Gasteiger partial charge is 0.508 e. The molecule has 6 heteroatoms. The van der Waals surface area contributed by atoms with Gasteiger partial charge in [0.1, 0.15) is 5.75 Å². The van der Waals surface area contributed by atoms with Crippen LogP contribution in [0.4, 0.5) is 18.9 Å². The molecule has 0 aliphatic rings. The molecule has 0 radical (unpaired) electrons. The van der Waals surface area contributed by atoms with Crippen molar-refractivity contribution in [2.75, 3.05) is 5.32 Å². The van der Waals surface area contributed by atoms with Gasteiger partial charge in [-0.15, -0.1) is 0 Å². The summed E-state index contributed by atoms with van der Waals surface area (Å²) in [5.41, 5.74) is -0.0165. The molecule has 0 aromatic heterocycles. The number of aryl methyl sites for hydroxylation is 1. The molecule has 0 spiro atoms. The van der Waals surface area contributed by atoms with E-state index < -0.39 is 17.6 Å². The average molecular weight is 295 g/mol. The summed E-state index contributed by atoms with van der Waals surface area (Å²) in [5.74, 6) is -0.497. The zero-order valence-corrected chi connectivity index (χ0v) is 11.0. The third-order valence-electron chi connectivity index (χ3n) is 2.91. The number of phenolic OH excluding ortho intramolecular Hbond substituents is 1. The molecule has 0 atom stereocenters. The molecule has 0 aliphatic carbocycles. The number of amides is 1. The van der Waals surface area contributed by atoms with Crippen molar-refractivity contribution in [3.05, 3.63) is 59.2 Å².